The van der Waals surface area contributed by atoms with Crippen LogP contribution in [0, 0.1) is 0 Å². The minimum atomic E-state index is 0.703. The Morgan fingerprint density at radius 1 is 1.06 bits per heavy atom. The molecule has 88 valence electrons. The van der Waals surface area contributed by atoms with Crippen molar-refractivity contribution in [3.05, 3.63) is 41.4 Å². The van der Waals surface area contributed by atoms with Crippen molar-refractivity contribution in [3.8, 4) is 5.75 Å². The molecule has 0 bridgehead atoms. The Kier molecular flexibility index (Phi) is 2.93. The molecule has 0 aliphatic heterocycles. The maximum absolute atomic E-state index is 6.00. The van der Waals surface area contributed by atoms with Crippen LogP contribution in [0.15, 0.2) is 36.4 Å². The van der Waals surface area contributed by atoms with Crippen molar-refractivity contribution in [1.29, 1.82) is 0 Å². The zero-order chi connectivity index (χ0) is 12.7. The van der Waals surface area contributed by atoms with Gasteiger partial charge in [0, 0.05) is 0 Å². The molecular weight excluding hydrogens is 309 g/mol. The van der Waals surface area contributed by atoms with Crippen LogP contribution in [-0.2, 0) is 0 Å². The summed E-state index contributed by atoms with van der Waals surface area (Å²) < 4.78 is 6.39. The minimum absolute atomic E-state index is 0.703. The van der Waals surface area contributed by atoms with E-state index in [0.717, 1.165) is 31.9 Å². The van der Waals surface area contributed by atoms with Crippen LogP contribution in [-0.4, -0.2) is 28.9 Å². The third kappa shape index (κ3) is 1.86. The molecule has 0 atom stereocenters. The third-order valence-electron chi connectivity index (χ3n) is 2.91. The molecule has 3 aromatic rings. The van der Waals surface area contributed by atoms with E-state index in [-0.39, 0.29) is 0 Å². The summed E-state index contributed by atoms with van der Waals surface area (Å²) in [6, 6.07) is 11.6. The van der Waals surface area contributed by atoms with E-state index in [1.165, 1.54) is 0 Å². The van der Waals surface area contributed by atoms with Gasteiger partial charge < -0.3 is 0 Å². The van der Waals surface area contributed by atoms with Gasteiger partial charge in [0.05, 0.1) is 0 Å². The van der Waals surface area contributed by atoms with Crippen molar-refractivity contribution in [3.63, 3.8) is 0 Å². The number of benzene rings is 2. The first-order chi connectivity index (χ1) is 8.69. The van der Waals surface area contributed by atoms with Crippen molar-refractivity contribution in [2.45, 2.75) is 0 Å². The Balaban J connectivity index is 2.44. The molecule has 0 amide bonds. The van der Waals surface area contributed by atoms with E-state index in [9.17, 15) is 0 Å². The number of halogens is 1. The number of fused-ring (bicyclic) bond motifs is 2. The summed E-state index contributed by atoms with van der Waals surface area (Å²) in [6.07, 6.45) is 0. The quantitative estimate of drug-likeness (QED) is 0.508. The van der Waals surface area contributed by atoms with Crippen molar-refractivity contribution < 1.29 is 4.74 Å². The number of pyridine rings is 1. The average molecular weight is 318 g/mol. The Bertz CT molecular complexity index is 757. The SMILES string of the molecule is COc1ccc2nc3cc(Cl)ccc3c([As])c2c1. The molecule has 18 heavy (non-hydrogen) atoms. The van der Waals surface area contributed by atoms with E-state index in [1.807, 2.05) is 36.4 Å². The first-order valence-electron chi connectivity index (χ1n) is 5.45. The summed E-state index contributed by atoms with van der Waals surface area (Å²) in [6.45, 7) is 0. The number of hydrogen-bond acceptors (Lipinski definition) is 2. The van der Waals surface area contributed by atoms with Gasteiger partial charge in [-0.3, -0.25) is 0 Å². The van der Waals surface area contributed by atoms with Gasteiger partial charge in [0.2, 0.25) is 0 Å². The number of nitrogens with zero attached hydrogens (tertiary/aromatic N) is 1. The molecule has 0 fully saturated rings. The number of rotatable bonds is 1. The molecule has 2 radical (unpaired) electrons. The number of methoxy groups -OCH3 is 1. The summed E-state index contributed by atoms with van der Waals surface area (Å²) in [7, 11) is 1.67. The molecule has 1 heterocycles. The van der Waals surface area contributed by atoms with Crippen LogP contribution in [0.2, 0.25) is 5.02 Å². The summed E-state index contributed by atoms with van der Waals surface area (Å²) in [4.78, 5) is 4.62. The second-order valence-corrected chi connectivity index (χ2v) is 5.38. The van der Waals surface area contributed by atoms with E-state index in [4.69, 9.17) is 16.3 Å². The molecule has 2 nitrogen and oxygen atoms in total. The number of hydrogen-bond donors (Lipinski definition) is 0. The number of ether oxygens (including phenoxy) is 1. The summed E-state index contributed by atoms with van der Waals surface area (Å²) in [5, 5.41) is 2.89. The van der Waals surface area contributed by atoms with Gasteiger partial charge in [-0.05, 0) is 0 Å². The Morgan fingerprint density at radius 3 is 2.67 bits per heavy atom. The molecule has 2 aromatic carbocycles. The average Bonchev–Trinajstić information content (AvgIpc) is 2.38. The monoisotopic (exact) mass is 317 g/mol. The van der Waals surface area contributed by atoms with Gasteiger partial charge in [0.15, 0.2) is 0 Å². The van der Waals surface area contributed by atoms with Gasteiger partial charge >= 0.3 is 119 Å². The standard InChI is InChI=1S/C14H9AsClNO/c1-18-9-3-5-12-11(7-9)14(15)10-4-2-8(16)6-13(10)17-12/h2-7H,1H3. The second-order valence-electron chi connectivity index (χ2n) is 4.00. The maximum atomic E-state index is 6.00. The molecule has 1 aromatic heterocycles. The fourth-order valence-corrected chi connectivity index (χ4v) is 2.94. The van der Waals surface area contributed by atoms with E-state index in [0.29, 0.717) is 5.02 Å². The fourth-order valence-electron chi connectivity index (χ4n) is 2.00. The van der Waals surface area contributed by atoms with Crippen molar-refractivity contribution in [1.82, 2.24) is 4.98 Å². The zero-order valence-electron chi connectivity index (χ0n) is 9.64. The van der Waals surface area contributed by atoms with Crippen LogP contribution in [0.1, 0.15) is 0 Å². The van der Waals surface area contributed by atoms with Gasteiger partial charge in [-0.15, -0.1) is 0 Å². The molecular formula is C14H9AsClNO. The number of aromatic nitrogens is 1. The Hall–Kier alpha value is -1.24. The zero-order valence-corrected chi connectivity index (χ0v) is 12.3. The first kappa shape index (κ1) is 11.8. The van der Waals surface area contributed by atoms with Crippen LogP contribution < -0.4 is 9.09 Å². The van der Waals surface area contributed by atoms with Crippen LogP contribution in [0.5, 0.6) is 5.75 Å². The molecule has 3 rings (SSSR count). The molecule has 4 heteroatoms. The van der Waals surface area contributed by atoms with Crippen LogP contribution in [0.3, 0.4) is 0 Å². The predicted octanol–water partition coefficient (Wildman–Crippen LogP) is 2.84. The normalized spacial score (nSPS) is 11.1. The van der Waals surface area contributed by atoms with Crippen LogP contribution in [0.4, 0.5) is 0 Å². The van der Waals surface area contributed by atoms with Crippen LogP contribution >= 0.6 is 11.6 Å². The Morgan fingerprint density at radius 2 is 1.89 bits per heavy atom. The third-order valence-corrected chi connectivity index (χ3v) is 4.16. The molecule has 0 saturated carbocycles. The molecule has 0 aliphatic carbocycles. The van der Waals surface area contributed by atoms with Gasteiger partial charge in [-0.25, -0.2) is 0 Å². The molecule has 0 N–H and O–H groups in total. The molecule has 0 spiro atoms. The molecule has 0 aliphatic rings. The van der Waals surface area contributed by atoms with Gasteiger partial charge in [-0.2, -0.15) is 0 Å². The van der Waals surface area contributed by atoms with Gasteiger partial charge in [0.25, 0.3) is 0 Å². The van der Waals surface area contributed by atoms with Crippen molar-refractivity contribution in [2.24, 2.45) is 0 Å². The van der Waals surface area contributed by atoms with Crippen molar-refractivity contribution in [2.75, 3.05) is 7.11 Å². The van der Waals surface area contributed by atoms with E-state index < -0.39 is 0 Å². The Labute approximate surface area is 118 Å². The predicted molar refractivity (Wildman–Crippen MR) is 76.2 cm³/mol. The van der Waals surface area contributed by atoms with E-state index in [2.05, 4.69) is 21.8 Å². The molecule has 0 saturated heterocycles. The molecule has 0 unspecified atom stereocenters. The van der Waals surface area contributed by atoms with Crippen LogP contribution in [0.25, 0.3) is 21.8 Å². The summed E-state index contributed by atoms with van der Waals surface area (Å²) in [5.74, 6) is 0.838. The van der Waals surface area contributed by atoms with Gasteiger partial charge in [0.1, 0.15) is 0 Å². The van der Waals surface area contributed by atoms with Gasteiger partial charge in [-0.1, -0.05) is 0 Å². The summed E-state index contributed by atoms with van der Waals surface area (Å²) >= 11 is 8.61. The van der Waals surface area contributed by atoms with E-state index >= 15 is 0 Å². The first-order valence-corrected chi connectivity index (χ1v) is 6.76. The fraction of sp³-hybridized carbons (Fsp3) is 0.0714. The van der Waals surface area contributed by atoms with Crippen molar-refractivity contribution >= 4 is 54.6 Å². The summed E-state index contributed by atoms with van der Waals surface area (Å²) in [5.41, 5.74) is 1.86. The topological polar surface area (TPSA) is 22.1 Å². The second kappa shape index (κ2) is 4.45. The van der Waals surface area contributed by atoms with E-state index in [1.54, 1.807) is 7.11 Å².